The van der Waals surface area contributed by atoms with Gasteiger partial charge in [0.05, 0.1) is 7.11 Å². The summed E-state index contributed by atoms with van der Waals surface area (Å²) in [6.07, 6.45) is 10.7. The number of amides is 2. The summed E-state index contributed by atoms with van der Waals surface area (Å²) in [4.78, 5) is 27.0. The van der Waals surface area contributed by atoms with Crippen LogP contribution in [0, 0.1) is 0 Å². The number of rotatable bonds is 9. The van der Waals surface area contributed by atoms with E-state index in [1.165, 1.54) is 32.1 Å². The Hall–Kier alpha value is -2.24. The molecule has 0 spiro atoms. The van der Waals surface area contributed by atoms with Crippen LogP contribution in [0.1, 0.15) is 64.2 Å². The predicted molar refractivity (Wildman–Crippen MR) is 112 cm³/mol. The maximum Gasteiger partial charge on any atom is 0.260 e. The minimum absolute atomic E-state index is 0.0406. The summed E-state index contributed by atoms with van der Waals surface area (Å²) >= 11 is 0. The third-order valence-corrected chi connectivity index (χ3v) is 5.78. The molecule has 0 heterocycles. The van der Waals surface area contributed by atoms with Gasteiger partial charge in [0.1, 0.15) is 0 Å². The fraction of sp³-hybridized carbons (Fsp3) is 0.652. The summed E-state index contributed by atoms with van der Waals surface area (Å²) in [7, 11) is 1.58. The van der Waals surface area contributed by atoms with E-state index >= 15 is 0 Å². The van der Waals surface area contributed by atoms with E-state index in [0.29, 0.717) is 30.5 Å². The molecule has 0 unspecified atom stereocenters. The number of carbonyl (C=O) groups excluding carboxylic acids is 2. The number of hydrogen-bond donors (Lipinski definition) is 1. The van der Waals surface area contributed by atoms with Crippen molar-refractivity contribution in [3.8, 4) is 11.5 Å². The van der Waals surface area contributed by atoms with Crippen molar-refractivity contribution < 1.29 is 19.1 Å². The molecule has 0 saturated heterocycles. The Morgan fingerprint density at radius 3 is 2.31 bits per heavy atom. The van der Waals surface area contributed by atoms with E-state index in [0.717, 1.165) is 25.7 Å². The van der Waals surface area contributed by atoms with Crippen LogP contribution in [0.15, 0.2) is 24.3 Å². The first-order valence-electron chi connectivity index (χ1n) is 11.0. The maximum atomic E-state index is 12.7. The number of nitrogens with one attached hydrogen (secondary N) is 1. The van der Waals surface area contributed by atoms with Gasteiger partial charge in [-0.1, -0.05) is 44.2 Å². The van der Waals surface area contributed by atoms with Gasteiger partial charge in [-0.15, -0.1) is 0 Å². The lowest BCUT2D eigenvalue weighted by Gasteiger charge is -2.24. The van der Waals surface area contributed by atoms with Crippen molar-refractivity contribution in [2.45, 2.75) is 76.3 Å². The molecule has 0 aliphatic heterocycles. The molecule has 0 atom stereocenters. The molecule has 160 valence electrons. The van der Waals surface area contributed by atoms with Crippen molar-refractivity contribution in [2.24, 2.45) is 0 Å². The van der Waals surface area contributed by atoms with Gasteiger partial charge in [-0.25, -0.2) is 0 Å². The first-order chi connectivity index (χ1) is 14.2. The topological polar surface area (TPSA) is 67.9 Å². The molecular formula is C23H34N2O4. The highest BCUT2D eigenvalue weighted by Gasteiger charge is 2.33. The van der Waals surface area contributed by atoms with Crippen LogP contribution in [0.3, 0.4) is 0 Å². The lowest BCUT2D eigenvalue weighted by Crippen LogP contribution is -2.41. The Morgan fingerprint density at radius 1 is 1.00 bits per heavy atom. The molecule has 0 bridgehead atoms. The normalized spacial score (nSPS) is 17.7. The zero-order valence-electron chi connectivity index (χ0n) is 17.5. The van der Waals surface area contributed by atoms with Crippen molar-refractivity contribution in [1.29, 1.82) is 0 Å². The van der Waals surface area contributed by atoms with Gasteiger partial charge in [-0.3, -0.25) is 9.59 Å². The number of hydrogen-bond acceptors (Lipinski definition) is 4. The summed E-state index contributed by atoms with van der Waals surface area (Å²) in [5, 5.41) is 3.19. The van der Waals surface area contributed by atoms with E-state index in [2.05, 4.69) is 5.32 Å². The van der Waals surface area contributed by atoms with Crippen molar-refractivity contribution >= 4 is 11.8 Å². The van der Waals surface area contributed by atoms with E-state index in [1.807, 2.05) is 17.0 Å². The van der Waals surface area contributed by atoms with Gasteiger partial charge < -0.3 is 19.7 Å². The minimum atomic E-state index is -0.0721. The molecule has 2 aliphatic rings. The molecule has 3 rings (SSSR count). The predicted octanol–water partition coefficient (Wildman–Crippen LogP) is 3.68. The fourth-order valence-electron chi connectivity index (χ4n) is 3.98. The molecule has 6 nitrogen and oxygen atoms in total. The number of methoxy groups -OCH3 is 1. The van der Waals surface area contributed by atoms with E-state index in [-0.39, 0.29) is 24.5 Å². The smallest absolute Gasteiger partial charge is 0.260 e. The van der Waals surface area contributed by atoms with Crippen LogP contribution in [0.25, 0.3) is 0 Å². The molecule has 0 radical (unpaired) electrons. The van der Waals surface area contributed by atoms with Crippen LogP contribution in [0.4, 0.5) is 0 Å². The molecule has 1 aromatic rings. The van der Waals surface area contributed by atoms with Crippen LogP contribution < -0.4 is 14.8 Å². The number of benzene rings is 1. The fourth-order valence-corrected chi connectivity index (χ4v) is 3.98. The minimum Gasteiger partial charge on any atom is -0.493 e. The van der Waals surface area contributed by atoms with E-state index in [9.17, 15) is 9.59 Å². The van der Waals surface area contributed by atoms with Gasteiger partial charge in [0, 0.05) is 25.0 Å². The first-order valence-corrected chi connectivity index (χ1v) is 11.0. The second-order valence-electron chi connectivity index (χ2n) is 8.12. The number of para-hydroxylation sites is 2. The van der Waals surface area contributed by atoms with Crippen LogP contribution in [0.2, 0.25) is 0 Å². The lowest BCUT2D eigenvalue weighted by molar-refractivity contribution is -0.134. The Kier molecular flexibility index (Phi) is 8.20. The van der Waals surface area contributed by atoms with Crippen molar-refractivity contribution in [3.05, 3.63) is 24.3 Å². The molecular weight excluding hydrogens is 368 g/mol. The summed E-state index contributed by atoms with van der Waals surface area (Å²) in [6.45, 7) is 0.415. The van der Waals surface area contributed by atoms with Crippen LogP contribution >= 0.6 is 0 Å². The Balaban J connectivity index is 1.45. The maximum absolute atomic E-state index is 12.7. The van der Waals surface area contributed by atoms with Gasteiger partial charge in [-0.05, 0) is 37.8 Å². The molecule has 2 amide bonds. The highest BCUT2D eigenvalue weighted by atomic mass is 16.5. The average Bonchev–Trinajstić information content (AvgIpc) is 3.54. The highest BCUT2D eigenvalue weighted by molar-refractivity contribution is 5.80. The second-order valence-corrected chi connectivity index (χ2v) is 8.12. The molecule has 2 fully saturated rings. The molecule has 6 heteroatoms. The molecule has 1 aromatic carbocycles. The van der Waals surface area contributed by atoms with E-state index in [1.54, 1.807) is 19.2 Å². The Morgan fingerprint density at radius 2 is 1.66 bits per heavy atom. The van der Waals surface area contributed by atoms with Gasteiger partial charge >= 0.3 is 0 Å². The van der Waals surface area contributed by atoms with Gasteiger partial charge in [-0.2, -0.15) is 0 Å². The van der Waals surface area contributed by atoms with Crippen molar-refractivity contribution in [2.75, 3.05) is 20.3 Å². The summed E-state index contributed by atoms with van der Waals surface area (Å²) in [6, 6.07) is 7.84. The van der Waals surface area contributed by atoms with Gasteiger partial charge in [0.2, 0.25) is 5.91 Å². The quantitative estimate of drug-likeness (QED) is 0.684. The van der Waals surface area contributed by atoms with E-state index in [4.69, 9.17) is 9.47 Å². The van der Waals surface area contributed by atoms with Crippen LogP contribution in [-0.2, 0) is 9.59 Å². The molecule has 0 aromatic heterocycles. The highest BCUT2D eigenvalue weighted by Crippen LogP contribution is 2.29. The number of ether oxygens (including phenoxy) is 2. The Bertz CT molecular complexity index is 667. The van der Waals surface area contributed by atoms with Gasteiger partial charge in [0.25, 0.3) is 5.91 Å². The second kappa shape index (κ2) is 11.1. The standard InChI is InChI=1S/C23H34N2O4/c1-28-20-11-7-8-12-21(20)29-17-23(27)25(19-13-14-19)16-15-22(26)24-18-9-5-3-2-4-6-10-18/h7-8,11-12,18-19H,2-6,9-10,13-17H2,1H3,(H,24,26). The molecule has 2 saturated carbocycles. The van der Waals surface area contributed by atoms with Gasteiger partial charge in [0.15, 0.2) is 18.1 Å². The zero-order chi connectivity index (χ0) is 20.5. The third-order valence-electron chi connectivity index (χ3n) is 5.78. The van der Waals surface area contributed by atoms with Crippen LogP contribution in [-0.4, -0.2) is 49.1 Å². The van der Waals surface area contributed by atoms with E-state index < -0.39 is 0 Å². The Labute approximate surface area is 173 Å². The summed E-state index contributed by atoms with van der Waals surface area (Å²) in [5.74, 6) is 1.15. The molecule has 2 aliphatic carbocycles. The average molecular weight is 403 g/mol. The third kappa shape index (κ3) is 6.94. The lowest BCUT2D eigenvalue weighted by atomic mass is 9.96. The summed E-state index contributed by atoms with van der Waals surface area (Å²) in [5.41, 5.74) is 0. The number of carbonyl (C=O) groups is 2. The molecule has 29 heavy (non-hydrogen) atoms. The van der Waals surface area contributed by atoms with Crippen molar-refractivity contribution in [3.63, 3.8) is 0 Å². The monoisotopic (exact) mass is 402 g/mol. The SMILES string of the molecule is COc1ccccc1OCC(=O)N(CCC(=O)NC1CCCCCCC1)C1CC1. The molecule has 1 N–H and O–H groups in total. The van der Waals surface area contributed by atoms with Crippen LogP contribution in [0.5, 0.6) is 11.5 Å². The summed E-state index contributed by atoms with van der Waals surface area (Å²) < 4.78 is 10.9. The number of nitrogens with zero attached hydrogens (tertiary/aromatic N) is 1. The zero-order valence-corrected chi connectivity index (χ0v) is 17.5. The van der Waals surface area contributed by atoms with Crippen molar-refractivity contribution in [1.82, 2.24) is 10.2 Å². The first kappa shape index (κ1) is 21.5. The largest absolute Gasteiger partial charge is 0.493 e.